The van der Waals surface area contributed by atoms with E-state index in [0.717, 1.165) is 53.1 Å². The summed E-state index contributed by atoms with van der Waals surface area (Å²) in [4.78, 5) is 49.2. The number of nitrogens with one attached hydrogen (secondary N) is 1. The first kappa shape index (κ1) is 44.7. The second-order valence-corrected chi connectivity index (χ2v) is 16.5. The van der Waals surface area contributed by atoms with Gasteiger partial charge in [0.1, 0.15) is 54.2 Å². The third-order valence-electron chi connectivity index (χ3n) is 10.7. The van der Waals surface area contributed by atoms with Crippen LogP contribution in [0.2, 0.25) is 0 Å². The van der Waals surface area contributed by atoms with E-state index < -0.39 is 5.60 Å². The fourth-order valence-electron chi connectivity index (χ4n) is 7.47. The molecule has 1 amide bonds. The maximum atomic E-state index is 12.6. The highest BCUT2D eigenvalue weighted by atomic mass is 16.6. The number of ether oxygens (including phenoxy) is 4. The van der Waals surface area contributed by atoms with Crippen LogP contribution >= 0.6 is 0 Å². The third-order valence-corrected chi connectivity index (χ3v) is 10.7. The summed E-state index contributed by atoms with van der Waals surface area (Å²) < 4.78 is 24.2. The molecule has 2 aliphatic heterocycles. The number of carbonyl (C=O) groups is 1. The summed E-state index contributed by atoms with van der Waals surface area (Å²) in [6, 6.07) is 27.1. The molecule has 4 aromatic heterocycles. The molecule has 9 rings (SSSR count). The van der Waals surface area contributed by atoms with Crippen molar-refractivity contribution in [3.05, 3.63) is 115 Å². The molecule has 338 valence electrons. The highest BCUT2D eigenvalue weighted by Crippen LogP contribution is 2.27. The van der Waals surface area contributed by atoms with E-state index in [0.29, 0.717) is 67.8 Å². The Morgan fingerprint density at radius 1 is 0.682 bits per heavy atom. The lowest BCUT2D eigenvalue weighted by molar-refractivity contribution is 0.0240. The number of aromatic nitrogens is 8. The summed E-state index contributed by atoms with van der Waals surface area (Å²) in [6.45, 7) is 11.0. The van der Waals surface area contributed by atoms with Crippen molar-refractivity contribution in [2.24, 2.45) is 0 Å². The zero-order valence-corrected chi connectivity index (χ0v) is 37.7. The molecule has 0 bridgehead atoms. The van der Waals surface area contributed by atoms with Gasteiger partial charge in [-0.1, -0.05) is 60.4 Å². The average Bonchev–Trinajstić information content (AvgIpc) is 3.93. The van der Waals surface area contributed by atoms with Crippen molar-refractivity contribution >= 4 is 40.1 Å². The molecule has 6 heterocycles. The van der Waals surface area contributed by atoms with Gasteiger partial charge in [0.2, 0.25) is 0 Å². The predicted molar refractivity (Wildman–Crippen MR) is 253 cm³/mol. The fraction of sp³-hybridized carbons (Fsp3) is 0.340. The zero-order chi connectivity index (χ0) is 45.7. The summed E-state index contributed by atoms with van der Waals surface area (Å²) >= 11 is 0. The molecule has 0 radical (unpaired) electrons. The average molecular weight is 888 g/mol. The summed E-state index contributed by atoms with van der Waals surface area (Å²) in [5.41, 5.74) is 3.39. The lowest BCUT2D eigenvalue weighted by atomic mass is 10.1. The molecule has 0 saturated carbocycles. The summed E-state index contributed by atoms with van der Waals surface area (Å²) in [7, 11) is 1.65. The molecule has 2 fully saturated rings. The predicted octanol–water partition coefficient (Wildman–Crippen LogP) is 7.14. The van der Waals surface area contributed by atoms with Crippen LogP contribution in [0.4, 0.5) is 16.4 Å². The molecule has 0 spiro atoms. The SMILES string of the molecule is C(#Cc1nc2ncnc(N3CCCCC3)c2[nH]1)COc1ccccc1.COc1ccc(Cn2c(C#CCOc3ccccc3)nc3c(N4CCN(C(=O)OC(C)(C)C)CC4)ncnc32)cc1. The van der Waals surface area contributed by atoms with Gasteiger partial charge in [-0.2, -0.15) is 0 Å². The van der Waals surface area contributed by atoms with Crippen molar-refractivity contribution in [1.29, 1.82) is 0 Å². The first-order valence-corrected chi connectivity index (χ1v) is 22.1. The van der Waals surface area contributed by atoms with Gasteiger partial charge in [-0.05, 0) is 93.8 Å². The van der Waals surface area contributed by atoms with Crippen LogP contribution in [-0.2, 0) is 11.3 Å². The van der Waals surface area contributed by atoms with Crippen molar-refractivity contribution in [3.63, 3.8) is 0 Å². The number of hydrogen-bond acceptors (Lipinski definition) is 13. The summed E-state index contributed by atoms with van der Waals surface area (Å²) in [5.74, 6) is 17.4. The maximum absolute atomic E-state index is 12.6. The zero-order valence-electron chi connectivity index (χ0n) is 37.7. The van der Waals surface area contributed by atoms with Gasteiger partial charge in [0.25, 0.3) is 0 Å². The molecule has 16 heteroatoms. The normalized spacial score (nSPS) is 13.7. The monoisotopic (exact) mass is 887 g/mol. The molecule has 2 saturated heterocycles. The molecule has 0 unspecified atom stereocenters. The van der Waals surface area contributed by atoms with Crippen LogP contribution in [0.3, 0.4) is 0 Å². The Morgan fingerprint density at radius 2 is 1.30 bits per heavy atom. The number of piperazine rings is 1. The Bertz CT molecular complexity index is 2830. The lowest BCUT2D eigenvalue weighted by Gasteiger charge is -2.36. The number of carbonyl (C=O) groups excluding carboxylic acids is 1. The Hall–Kier alpha value is -7.85. The molecule has 0 atom stereocenters. The van der Waals surface area contributed by atoms with Crippen molar-refractivity contribution in [2.75, 3.05) is 69.4 Å². The first-order chi connectivity index (χ1) is 32.2. The van der Waals surface area contributed by atoms with Gasteiger partial charge >= 0.3 is 6.09 Å². The minimum absolute atomic E-state index is 0.223. The largest absolute Gasteiger partial charge is 0.497 e. The minimum atomic E-state index is -0.534. The van der Waals surface area contributed by atoms with Gasteiger partial charge in [-0.3, -0.25) is 4.57 Å². The number of amides is 1. The Labute approximate surface area is 384 Å². The summed E-state index contributed by atoms with van der Waals surface area (Å²) in [5, 5.41) is 0. The van der Waals surface area contributed by atoms with E-state index in [2.05, 4.69) is 63.4 Å². The van der Waals surface area contributed by atoms with Gasteiger partial charge in [0.15, 0.2) is 40.1 Å². The molecule has 1 N–H and O–H groups in total. The Balaban J connectivity index is 0.000000201. The van der Waals surface area contributed by atoms with E-state index in [-0.39, 0.29) is 12.7 Å². The molecular weight excluding hydrogens is 835 g/mol. The number of benzene rings is 3. The molecule has 66 heavy (non-hydrogen) atoms. The van der Waals surface area contributed by atoms with E-state index in [9.17, 15) is 4.79 Å². The standard InChI is InChI=1S/C31H34N6O4.C19H19N5O/c1-31(2,3)41-30(38)36-18-16-35(17-19-36)28-27-29(33-22-32-28)37(21-23-12-14-24(39-4)15-13-23)26(34-27)11-8-20-40-25-9-6-5-7-10-25;1-3-8-15(9-4-1)25-13-7-10-16-22-17-18(23-16)20-14-21-19(17)24-11-5-2-6-12-24/h5-7,9-10,12-15,22H,16-21H2,1-4H3;1,3-4,8-9,14H,2,5-6,11-13H2,(H,20,21,22,23). The van der Waals surface area contributed by atoms with Gasteiger partial charge < -0.3 is 38.6 Å². The van der Waals surface area contributed by atoms with Crippen LogP contribution in [0.15, 0.2) is 97.6 Å². The number of fused-ring (bicyclic) bond motifs is 2. The Kier molecular flexibility index (Phi) is 14.4. The number of imidazole rings is 2. The van der Waals surface area contributed by atoms with E-state index >= 15 is 0 Å². The molecule has 0 aliphatic carbocycles. The number of para-hydroxylation sites is 2. The van der Waals surface area contributed by atoms with E-state index in [1.165, 1.54) is 19.3 Å². The number of H-pyrrole nitrogens is 1. The van der Waals surface area contributed by atoms with Gasteiger partial charge in [-0.25, -0.2) is 34.7 Å². The highest BCUT2D eigenvalue weighted by molar-refractivity contribution is 5.85. The van der Waals surface area contributed by atoms with Crippen molar-refractivity contribution in [2.45, 2.75) is 52.2 Å². The molecular formula is C50H53N11O5. The van der Waals surface area contributed by atoms with Crippen molar-refractivity contribution < 1.29 is 23.7 Å². The topological polar surface area (TPSA) is 162 Å². The second-order valence-electron chi connectivity index (χ2n) is 16.5. The third kappa shape index (κ3) is 11.6. The highest BCUT2D eigenvalue weighted by Gasteiger charge is 2.28. The number of anilines is 2. The maximum Gasteiger partial charge on any atom is 0.410 e. The van der Waals surface area contributed by atoms with Crippen LogP contribution in [0, 0.1) is 23.7 Å². The van der Waals surface area contributed by atoms with Crippen LogP contribution < -0.4 is 24.0 Å². The van der Waals surface area contributed by atoms with E-state index in [1.807, 2.05) is 110 Å². The van der Waals surface area contributed by atoms with Crippen molar-refractivity contribution in [1.82, 2.24) is 44.4 Å². The van der Waals surface area contributed by atoms with Gasteiger partial charge in [-0.15, -0.1) is 0 Å². The van der Waals surface area contributed by atoms with Crippen LogP contribution in [0.25, 0.3) is 22.3 Å². The van der Waals surface area contributed by atoms with Crippen LogP contribution in [0.5, 0.6) is 17.2 Å². The first-order valence-electron chi connectivity index (χ1n) is 22.1. The van der Waals surface area contributed by atoms with Gasteiger partial charge in [0.05, 0.1) is 13.7 Å². The molecule has 16 nitrogen and oxygen atoms in total. The van der Waals surface area contributed by atoms with Crippen LogP contribution in [-0.4, -0.2) is 116 Å². The van der Waals surface area contributed by atoms with Gasteiger partial charge in [0, 0.05) is 39.3 Å². The van der Waals surface area contributed by atoms with Crippen molar-refractivity contribution in [3.8, 4) is 40.9 Å². The number of aromatic amines is 1. The quantitative estimate of drug-likeness (QED) is 0.146. The number of methoxy groups -OCH3 is 1. The molecule has 2 aliphatic rings. The molecule has 7 aromatic rings. The minimum Gasteiger partial charge on any atom is -0.497 e. The number of hydrogen-bond donors (Lipinski definition) is 1. The smallest absolute Gasteiger partial charge is 0.410 e. The van der Waals surface area contributed by atoms with Crippen LogP contribution in [0.1, 0.15) is 57.2 Å². The fourth-order valence-corrected chi connectivity index (χ4v) is 7.47. The number of rotatable bonds is 9. The van der Waals surface area contributed by atoms with E-state index in [4.69, 9.17) is 23.9 Å². The summed E-state index contributed by atoms with van der Waals surface area (Å²) in [6.07, 6.45) is 6.50. The molecule has 3 aromatic carbocycles. The number of nitrogens with zero attached hydrogens (tertiary/aromatic N) is 10. The number of piperidine rings is 1. The van der Waals surface area contributed by atoms with E-state index in [1.54, 1.807) is 24.7 Å². The Morgan fingerprint density at radius 3 is 1.95 bits per heavy atom. The second kappa shape index (κ2) is 21.2. The lowest BCUT2D eigenvalue weighted by Crippen LogP contribution is -2.50.